The molecule has 3 nitrogen and oxygen atoms in total. The number of aromatic nitrogens is 1. The van der Waals surface area contributed by atoms with Gasteiger partial charge < -0.3 is 4.84 Å². The molecule has 0 spiro atoms. The van der Waals surface area contributed by atoms with Crippen molar-refractivity contribution in [1.82, 2.24) is 4.98 Å². The van der Waals surface area contributed by atoms with E-state index in [-0.39, 0.29) is 5.60 Å². The lowest BCUT2D eigenvalue weighted by Crippen LogP contribution is -2.29. The molecule has 1 aliphatic heterocycles. The van der Waals surface area contributed by atoms with Crippen molar-refractivity contribution in [2.24, 2.45) is 11.1 Å². The molecule has 2 unspecified atom stereocenters. The predicted molar refractivity (Wildman–Crippen MR) is 78.3 cm³/mol. The van der Waals surface area contributed by atoms with E-state index in [0.717, 1.165) is 11.3 Å². The molecular weight excluding hydrogens is 256 g/mol. The first-order chi connectivity index (χ1) is 9.11. The summed E-state index contributed by atoms with van der Waals surface area (Å²) < 4.78 is 0. The third-order valence-corrected chi connectivity index (χ3v) is 5.23. The zero-order chi connectivity index (χ0) is 13.5. The molecule has 2 aromatic rings. The molecule has 19 heavy (non-hydrogen) atoms. The minimum Gasteiger partial charge on any atom is -0.383 e. The molecule has 2 atom stereocenters. The van der Waals surface area contributed by atoms with Gasteiger partial charge in [0, 0.05) is 28.8 Å². The molecule has 0 aromatic carbocycles. The molecule has 0 radical (unpaired) electrons. The van der Waals surface area contributed by atoms with Gasteiger partial charge in [-0.3, -0.25) is 4.98 Å². The van der Waals surface area contributed by atoms with E-state index < -0.39 is 0 Å². The summed E-state index contributed by atoms with van der Waals surface area (Å²) >= 11 is 1.75. The van der Waals surface area contributed by atoms with Crippen molar-refractivity contribution >= 4 is 17.0 Å². The smallest absolute Gasteiger partial charge is 0.176 e. The van der Waals surface area contributed by atoms with Crippen LogP contribution < -0.4 is 0 Å². The normalized spacial score (nSPS) is 26.1. The van der Waals surface area contributed by atoms with Gasteiger partial charge in [-0.2, -0.15) is 0 Å². The highest BCUT2D eigenvalue weighted by atomic mass is 32.1. The monoisotopic (exact) mass is 272 g/mol. The topological polar surface area (TPSA) is 34.5 Å². The largest absolute Gasteiger partial charge is 0.383 e. The number of thiophene rings is 1. The van der Waals surface area contributed by atoms with E-state index in [4.69, 9.17) is 4.84 Å². The quantitative estimate of drug-likeness (QED) is 0.826. The first kappa shape index (κ1) is 12.4. The van der Waals surface area contributed by atoms with Crippen molar-refractivity contribution in [3.8, 4) is 10.4 Å². The van der Waals surface area contributed by atoms with Crippen LogP contribution in [0.2, 0.25) is 0 Å². The molecule has 4 heteroatoms. The second-order valence-corrected chi connectivity index (χ2v) is 6.14. The van der Waals surface area contributed by atoms with Crippen LogP contribution in [0.4, 0.5) is 0 Å². The lowest BCUT2D eigenvalue weighted by atomic mass is 9.87. The van der Waals surface area contributed by atoms with Crippen molar-refractivity contribution in [2.75, 3.05) is 0 Å². The van der Waals surface area contributed by atoms with Gasteiger partial charge in [-0.1, -0.05) is 18.1 Å². The van der Waals surface area contributed by atoms with Crippen molar-refractivity contribution < 1.29 is 4.84 Å². The van der Waals surface area contributed by atoms with E-state index in [0.29, 0.717) is 5.92 Å². The van der Waals surface area contributed by atoms with E-state index in [9.17, 15) is 0 Å². The third-order valence-electron chi connectivity index (χ3n) is 3.87. The summed E-state index contributed by atoms with van der Waals surface area (Å²) in [4.78, 5) is 12.3. The summed E-state index contributed by atoms with van der Waals surface area (Å²) in [6, 6.07) is 8.30. The number of rotatable bonds is 2. The number of hydrogen-bond donors (Lipinski definition) is 0. The average Bonchev–Trinajstić information content (AvgIpc) is 3.03. The highest BCUT2D eigenvalue weighted by Gasteiger charge is 2.43. The van der Waals surface area contributed by atoms with E-state index in [2.05, 4.69) is 42.2 Å². The van der Waals surface area contributed by atoms with Gasteiger partial charge in [0.05, 0.1) is 10.6 Å². The lowest BCUT2D eigenvalue weighted by Gasteiger charge is -2.25. The van der Waals surface area contributed by atoms with Gasteiger partial charge in [0.1, 0.15) is 0 Å². The summed E-state index contributed by atoms with van der Waals surface area (Å²) in [5.41, 5.74) is 1.86. The van der Waals surface area contributed by atoms with Crippen LogP contribution in [0.25, 0.3) is 10.4 Å². The Morgan fingerprint density at radius 2 is 2.16 bits per heavy atom. The van der Waals surface area contributed by atoms with Gasteiger partial charge in [-0.15, -0.1) is 11.3 Å². The van der Waals surface area contributed by atoms with Gasteiger partial charge in [0.2, 0.25) is 0 Å². The Morgan fingerprint density at radius 1 is 1.32 bits per heavy atom. The third kappa shape index (κ3) is 1.96. The fourth-order valence-electron chi connectivity index (χ4n) is 2.25. The first-order valence-electron chi connectivity index (χ1n) is 6.34. The van der Waals surface area contributed by atoms with Crippen molar-refractivity contribution in [2.45, 2.75) is 26.4 Å². The van der Waals surface area contributed by atoms with Crippen LogP contribution in [-0.4, -0.2) is 10.7 Å². The van der Waals surface area contributed by atoms with E-state index >= 15 is 0 Å². The molecule has 0 aliphatic carbocycles. The van der Waals surface area contributed by atoms with Crippen molar-refractivity contribution in [3.05, 3.63) is 41.5 Å². The predicted octanol–water partition coefficient (Wildman–Crippen LogP) is 4.07. The minimum atomic E-state index is -0.338. The summed E-state index contributed by atoms with van der Waals surface area (Å²) in [7, 11) is 0. The maximum Gasteiger partial charge on any atom is 0.176 e. The molecule has 3 rings (SSSR count). The second-order valence-electron chi connectivity index (χ2n) is 5.06. The maximum absolute atomic E-state index is 5.68. The molecular formula is C15H16N2OS. The second kappa shape index (κ2) is 4.46. The van der Waals surface area contributed by atoms with Crippen LogP contribution in [0.3, 0.4) is 0 Å². The standard InChI is InChI=1S/C15H16N2OS/c1-10-11(2)17-18-15(10,3)14-7-6-13(19-14)12-5-4-8-16-9-12/h4-10H,1-3H3. The fraction of sp³-hybridized carbons (Fsp3) is 0.333. The van der Waals surface area contributed by atoms with Crippen LogP contribution in [0.1, 0.15) is 25.6 Å². The Hall–Kier alpha value is -1.68. The molecule has 3 heterocycles. The zero-order valence-electron chi connectivity index (χ0n) is 11.3. The number of nitrogens with zero attached hydrogens (tertiary/aromatic N) is 2. The average molecular weight is 272 g/mol. The molecule has 0 fully saturated rings. The molecule has 1 aliphatic rings. The van der Waals surface area contributed by atoms with Crippen molar-refractivity contribution in [3.63, 3.8) is 0 Å². The Bertz CT molecular complexity index is 620. The molecule has 98 valence electrons. The fourth-order valence-corrected chi connectivity index (χ4v) is 3.41. The molecule has 2 aromatic heterocycles. The SMILES string of the molecule is CC1=NOC(C)(c2ccc(-c3cccnc3)s2)C1C. The van der Waals surface area contributed by atoms with E-state index in [1.807, 2.05) is 19.2 Å². The Labute approximate surface area is 116 Å². The number of hydrogen-bond acceptors (Lipinski definition) is 4. The van der Waals surface area contributed by atoms with Crippen LogP contribution >= 0.6 is 11.3 Å². The van der Waals surface area contributed by atoms with Crippen LogP contribution in [0, 0.1) is 5.92 Å². The van der Waals surface area contributed by atoms with Crippen molar-refractivity contribution in [1.29, 1.82) is 0 Å². The number of pyridine rings is 1. The molecule has 0 saturated carbocycles. The maximum atomic E-state index is 5.68. The van der Waals surface area contributed by atoms with Gasteiger partial charge in [0.15, 0.2) is 5.60 Å². The summed E-state index contributed by atoms with van der Waals surface area (Å²) in [5, 5.41) is 4.14. The molecule has 0 bridgehead atoms. The Balaban J connectivity index is 1.95. The summed E-state index contributed by atoms with van der Waals surface area (Å²) in [6.07, 6.45) is 3.68. The van der Waals surface area contributed by atoms with Gasteiger partial charge >= 0.3 is 0 Å². The van der Waals surface area contributed by atoms with Gasteiger partial charge in [-0.05, 0) is 32.0 Å². The highest BCUT2D eigenvalue weighted by Crippen LogP contribution is 2.43. The van der Waals surface area contributed by atoms with E-state index in [1.165, 1.54) is 9.75 Å². The lowest BCUT2D eigenvalue weighted by molar-refractivity contribution is -0.0279. The van der Waals surface area contributed by atoms with Gasteiger partial charge in [-0.25, -0.2) is 0 Å². The first-order valence-corrected chi connectivity index (χ1v) is 7.16. The molecule has 0 amide bonds. The summed E-state index contributed by atoms with van der Waals surface area (Å²) in [6.45, 7) is 6.29. The Morgan fingerprint density at radius 3 is 2.79 bits per heavy atom. The van der Waals surface area contributed by atoms with E-state index in [1.54, 1.807) is 17.5 Å². The van der Waals surface area contributed by atoms with Crippen LogP contribution in [-0.2, 0) is 10.4 Å². The highest BCUT2D eigenvalue weighted by molar-refractivity contribution is 7.15. The zero-order valence-corrected chi connectivity index (χ0v) is 12.1. The molecule has 0 saturated heterocycles. The number of oxime groups is 1. The van der Waals surface area contributed by atoms with Crippen LogP contribution in [0.15, 0.2) is 41.8 Å². The molecule has 0 N–H and O–H groups in total. The Kier molecular flexibility index (Phi) is 2.90. The minimum absolute atomic E-state index is 0.299. The van der Waals surface area contributed by atoms with Gasteiger partial charge in [0.25, 0.3) is 0 Å². The van der Waals surface area contributed by atoms with Crippen LogP contribution in [0.5, 0.6) is 0 Å². The summed E-state index contributed by atoms with van der Waals surface area (Å²) in [5.74, 6) is 0.299.